The molecule has 27 heavy (non-hydrogen) atoms. The van der Waals surface area contributed by atoms with E-state index < -0.39 is 17.3 Å². The van der Waals surface area contributed by atoms with Gasteiger partial charge < -0.3 is 4.90 Å². The first-order chi connectivity index (χ1) is 12.7. The molecule has 2 fully saturated rings. The van der Waals surface area contributed by atoms with Crippen LogP contribution in [-0.2, 0) is 20.9 Å². The lowest BCUT2D eigenvalue weighted by Crippen LogP contribution is -2.44. The highest BCUT2D eigenvalue weighted by molar-refractivity contribution is 6.26. The third-order valence-electron chi connectivity index (χ3n) is 5.47. The van der Waals surface area contributed by atoms with Crippen LogP contribution in [-0.4, -0.2) is 52.0 Å². The second kappa shape index (κ2) is 7.17. The Morgan fingerprint density at radius 1 is 1.15 bits per heavy atom. The fourth-order valence-electron chi connectivity index (χ4n) is 3.95. The van der Waals surface area contributed by atoms with E-state index in [1.807, 2.05) is 0 Å². The number of Topliss-reactive ketones (excluding diaryl/α,β-unsaturated/α-hetero) is 3. The van der Waals surface area contributed by atoms with Gasteiger partial charge in [0.1, 0.15) is 5.92 Å². The maximum absolute atomic E-state index is 13.0. The Hall–Kier alpha value is -2.64. The van der Waals surface area contributed by atoms with E-state index in [2.05, 4.69) is 5.10 Å². The van der Waals surface area contributed by atoms with Crippen molar-refractivity contribution in [2.45, 2.75) is 39.2 Å². The average molecular weight is 373 g/mol. The Kier molecular flexibility index (Phi) is 5.08. The minimum atomic E-state index is -1.37. The Bertz CT molecular complexity index is 864. The zero-order valence-electron chi connectivity index (χ0n) is 15.7. The standard InChI is InChI=1S/C19H23N3O5/c1-10-8-13(19(27)22(20-10)7-6-14(23)21(2)3)18(26)15-16(24)11-4-5-12(9-11)17(15)25/h8,11-12,15H,4-7,9H2,1-3H3. The molecule has 2 aliphatic carbocycles. The van der Waals surface area contributed by atoms with Crippen LogP contribution in [0, 0.1) is 24.7 Å². The third kappa shape index (κ3) is 3.48. The van der Waals surface area contributed by atoms with E-state index in [4.69, 9.17) is 0 Å². The Morgan fingerprint density at radius 2 is 1.74 bits per heavy atom. The molecule has 0 aliphatic heterocycles. The van der Waals surface area contributed by atoms with Crippen molar-refractivity contribution in [1.82, 2.24) is 14.7 Å². The van der Waals surface area contributed by atoms with Crippen molar-refractivity contribution in [2.24, 2.45) is 17.8 Å². The quantitative estimate of drug-likeness (QED) is 0.546. The summed E-state index contributed by atoms with van der Waals surface area (Å²) in [6, 6.07) is 1.33. The van der Waals surface area contributed by atoms with Gasteiger partial charge in [-0.05, 0) is 32.3 Å². The predicted molar refractivity (Wildman–Crippen MR) is 95.2 cm³/mol. The summed E-state index contributed by atoms with van der Waals surface area (Å²) >= 11 is 0. The van der Waals surface area contributed by atoms with Gasteiger partial charge in [0.05, 0.1) is 17.8 Å². The Balaban J connectivity index is 1.91. The molecule has 1 amide bonds. The van der Waals surface area contributed by atoms with Gasteiger partial charge in [0, 0.05) is 32.4 Å². The summed E-state index contributed by atoms with van der Waals surface area (Å²) in [5.74, 6) is -3.52. The highest BCUT2D eigenvalue weighted by Gasteiger charge is 2.50. The van der Waals surface area contributed by atoms with E-state index in [1.165, 1.54) is 11.0 Å². The minimum absolute atomic E-state index is 0.0234. The van der Waals surface area contributed by atoms with Crippen LogP contribution < -0.4 is 5.56 Å². The predicted octanol–water partition coefficient (Wildman–Crippen LogP) is 0.397. The highest BCUT2D eigenvalue weighted by Crippen LogP contribution is 2.41. The van der Waals surface area contributed by atoms with Crippen LogP contribution in [0.3, 0.4) is 0 Å². The van der Waals surface area contributed by atoms with E-state index in [0.29, 0.717) is 25.0 Å². The summed E-state index contributed by atoms with van der Waals surface area (Å²) in [7, 11) is 3.22. The zero-order valence-corrected chi connectivity index (χ0v) is 15.7. The highest BCUT2D eigenvalue weighted by atomic mass is 16.2. The number of ketones is 3. The molecule has 1 aromatic rings. The number of aromatic nitrogens is 2. The topological polar surface area (TPSA) is 106 Å². The first-order valence-corrected chi connectivity index (χ1v) is 9.11. The van der Waals surface area contributed by atoms with E-state index >= 15 is 0 Å². The summed E-state index contributed by atoms with van der Waals surface area (Å²) in [6.45, 7) is 1.64. The van der Waals surface area contributed by atoms with E-state index in [9.17, 15) is 24.0 Å². The monoisotopic (exact) mass is 373 g/mol. The SMILES string of the molecule is Cc1cc(C(=O)C2C(=O)C3CCC(C3)C2=O)c(=O)n(CCC(=O)N(C)C)n1. The molecule has 2 bridgehead atoms. The fourth-order valence-corrected chi connectivity index (χ4v) is 3.95. The van der Waals surface area contributed by atoms with Gasteiger partial charge in [0.2, 0.25) is 5.91 Å². The van der Waals surface area contributed by atoms with Crippen LogP contribution in [0.15, 0.2) is 10.9 Å². The number of hydrogen-bond acceptors (Lipinski definition) is 6. The number of aryl methyl sites for hydroxylation is 2. The number of carbonyl (C=O) groups excluding carboxylic acids is 4. The summed E-state index contributed by atoms with van der Waals surface area (Å²) in [6.07, 6.45) is 1.84. The molecule has 1 aromatic heterocycles. The molecule has 0 saturated heterocycles. The van der Waals surface area contributed by atoms with Gasteiger partial charge >= 0.3 is 0 Å². The maximum atomic E-state index is 13.0. The number of nitrogens with zero attached hydrogens (tertiary/aromatic N) is 3. The molecule has 3 rings (SSSR count). The van der Waals surface area contributed by atoms with Crippen molar-refractivity contribution >= 4 is 23.3 Å². The van der Waals surface area contributed by atoms with Crippen LogP contribution in [0.2, 0.25) is 0 Å². The van der Waals surface area contributed by atoms with Gasteiger partial charge in [-0.1, -0.05) is 0 Å². The molecular formula is C19H23N3O5. The number of carbonyl (C=O) groups is 4. The minimum Gasteiger partial charge on any atom is -0.349 e. The van der Waals surface area contributed by atoms with E-state index in [1.54, 1.807) is 21.0 Å². The lowest BCUT2D eigenvalue weighted by Gasteiger charge is -2.24. The molecule has 0 radical (unpaired) electrons. The summed E-state index contributed by atoms with van der Waals surface area (Å²) < 4.78 is 1.07. The van der Waals surface area contributed by atoms with Crippen LogP contribution in [0.5, 0.6) is 0 Å². The van der Waals surface area contributed by atoms with Gasteiger partial charge in [0.15, 0.2) is 17.3 Å². The van der Waals surface area contributed by atoms with Crippen molar-refractivity contribution in [3.63, 3.8) is 0 Å². The molecule has 2 aliphatic rings. The van der Waals surface area contributed by atoms with Crippen molar-refractivity contribution in [1.29, 1.82) is 0 Å². The molecule has 0 N–H and O–H groups in total. The molecule has 8 heteroatoms. The largest absolute Gasteiger partial charge is 0.349 e. The zero-order chi connectivity index (χ0) is 19.9. The first kappa shape index (κ1) is 19.1. The van der Waals surface area contributed by atoms with Crippen LogP contribution in [0.4, 0.5) is 0 Å². The molecule has 144 valence electrons. The molecule has 2 unspecified atom stereocenters. The van der Waals surface area contributed by atoms with Gasteiger partial charge in [-0.25, -0.2) is 4.68 Å². The van der Waals surface area contributed by atoms with Crippen molar-refractivity contribution in [3.05, 3.63) is 27.7 Å². The van der Waals surface area contributed by atoms with Crippen LogP contribution in [0.25, 0.3) is 0 Å². The normalized spacial score (nSPS) is 24.2. The van der Waals surface area contributed by atoms with Gasteiger partial charge in [-0.15, -0.1) is 0 Å². The lowest BCUT2D eigenvalue weighted by atomic mass is 9.75. The van der Waals surface area contributed by atoms with Crippen molar-refractivity contribution < 1.29 is 19.2 Å². The van der Waals surface area contributed by atoms with Crippen LogP contribution >= 0.6 is 0 Å². The first-order valence-electron chi connectivity index (χ1n) is 9.11. The molecule has 0 spiro atoms. The van der Waals surface area contributed by atoms with Crippen molar-refractivity contribution in [2.75, 3.05) is 14.1 Å². The Morgan fingerprint density at radius 3 is 2.30 bits per heavy atom. The fraction of sp³-hybridized carbons (Fsp3) is 0.579. The third-order valence-corrected chi connectivity index (χ3v) is 5.47. The van der Waals surface area contributed by atoms with E-state index in [0.717, 1.165) is 4.68 Å². The average Bonchev–Trinajstić information content (AvgIpc) is 3.07. The maximum Gasteiger partial charge on any atom is 0.277 e. The van der Waals surface area contributed by atoms with Gasteiger partial charge in [0.25, 0.3) is 5.56 Å². The molecule has 0 aromatic carbocycles. The number of rotatable bonds is 5. The van der Waals surface area contributed by atoms with Gasteiger partial charge in [-0.3, -0.25) is 24.0 Å². The second-order valence-electron chi connectivity index (χ2n) is 7.57. The summed E-state index contributed by atoms with van der Waals surface area (Å²) in [5.41, 5.74) is -0.461. The number of hydrogen-bond donors (Lipinski definition) is 0. The molecule has 1 heterocycles. The number of fused-ring (bicyclic) bond motifs is 2. The number of amides is 1. The van der Waals surface area contributed by atoms with Gasteiger partial charge in [-0.2, -0.15) is 5.10 Å². The molecular weight excluding hydrogens is 350 g/mol. The van der Waals surface area contributed by atoms with Crippen molar-refractivity contribution in [3.8, 4) is 0 Å². The molecule has 2 atom stereocenters. The summed E-state index contributed by atoms with van der Waals surface area (Å²) in [4.78, 5) is 64.0. The lowest BCUT2D eigenvalue weighted by molar-refractivity contribution is -0.137. The van der Waals surface area contributed by atoms with Crippen LogP contribution in [0.1, 0.15) is 41.7 Å². The molecule has 2 saturated carbocycles. The smallest absolute Gasteiger partial charge is 0.277 e. The van der Waals surface area contributed by atoms with E-state index in [-0.39, 0.29) is 47.8 Å². The second-order valence-corrected chi connectivity index (χ2v) is 7.57. The Labute approximate surface area is 156 Å². The molecule has 8 nitrogen and oxygen atoms in total. The summed E-state index contributed by atoms with van der Waals surface area (Å²) in [5, 5.41) is 4.08.